The van der Waals surface area contributed by atoms with Gasteiger partial charge in [0.2, 0.25) is 0 Å². The van der Waals surface area contributed by atoms with Crippen LogP contribution in [-0.2, 0) is 6.47 Å². The minimum Gasteiger partial charge on any atom is -0.0672 e. The normalized spacial score (nSPS) is 13.7. The van der Waals surface area contributed by atoms with Crippen molar-refractivity contribution in [2.45, 2.75) is 12.9 Å². The lowest BCUT2D eigenvalue weighted by Crippen LogP contribution is -2.53. The van der Waals surface area contributed by atoms with Crippen molar-refractivity contribution in [3.63, 3.8) is 0 Å². The van der Waals surface area contributed by atoms with Gasteiger partial charge in [0.15, 0.2) is 0 Å². The third-order valence-electron chi connectivity index (χ3n) is 3.84. The molecule has 29 heavy (non-hydrogen) atoms. The van der Waals surface area contributed by atoms with E-state index in [0.29, 0.717) is 0 Å². The standard InChI is InChI=1S/C16H5Br13/c17-8-7(9(18)11(20)12(21)10(8)19)14(24,25)16(28,29)15(26,27)13(22,23)6-4-2-1-3-5-6/h1-5H. The molecule has 2 aromatic carbocycles. The van der Waals surface area contributed by atoms with Gasteiger partial charge in [-0.3, -0.25) is 0 Å². The summed E-state index contributed by atoms with van der Waals surface area (Å²) >= 11 is 49.5. The molecule has 0 unspecified atom stereocenters. The van der Waals surface area contributed by atoms with Crippen molar-refractivity contribution < 1.29 is 0 Å². The summed E-state index contributed by atoms with van der Waals surface area (Å²) in [7, 11) is 0. The summed E-state index contributed by atoms with van der Waals surface area (Å²) in [5.74, 6) is 0. The summed E-state index contributed by atoms with van der Waals surface area (Å²) < 4.78 is 1.02. The third kappa shape index (κ3) is 5.37. The average molecular weight is 1240 g/mol. The summed E-state index contributed by atoms with van der Waals surface area (Å²) in [5, 5.41) is 0. The Bertz CT molecular complexity index is 889. The number of halogens is 13. The van der Waals surface area contributed by atoms with Gasteiger partial charge in [0.05, 0.1) is 0 Å². The van der Waals surface area contributed by atoms with E-state index in [4.69, 9.17) is 0 Å². The minimum absolute atomic E-state index is 0.725. The van der Waals surface area contributed by atoms with Gasteiger partial charge in [0, 0.05) is 27.9 Å². The van der Waals surface area contributed by atoms with Crippen LogP contribution in [0.25, 0.3) is 0 Å². The van der Waals surface area contributed by atoms with Crippen LogP contribution in [0.5, 0.6) is 0 Å². The van der Waals surface area contributed by atoms with E-state index in [1.165, 1.54) is 0 Å². The molecule has 0 saturated heterocycles. The quantitative estimate of drug-likeness (QED) is 0.159. The summed E-state index contributed by atoms with van der Waals surface area (Å²) in [6.07, 6.45) is 0. The lowest BCUT2D eigenvalue weighted by Gasteiger charge is -2.49. The van der Waals surface area contributed by atoms with Crippen molar-refractivity contribution in [2.75, 3.05) is 0 Å². The zero-order chi connectivity index (χ0) is 22.6. The van der Waals surface area contributed by atoms with Crippen molar-refractivity contribution in [3.05, 3.63) is 63.8 Å². The van der Waals surface area contributed by atoms with Crippen LogP contribution in [-0.4, -0.2) is 6.47 Å². The van der Waals surface area contributed by atoms with Gasteiger partial charge in [-0.2, -0.15) is 0 Å². The molecule has 0 aliphatic carbocycles. The van der Waals surface area contributed by atoms with Crippen molar-refractivity contribution in [3.8, 4) is 0 Å². The first kappa shape index (κ1) is 29.9. The Morgan fingerprint density at radius 1 is 0.448 bits per heavy atom. The van der Waals surface area contributed by atoms with Crippen LogP contribution in [0.3, 0.4) is 0 Å². The maximum Gasteiger partial charge on any atom is 0.137 e. The number of hydrogen-bond donors (Lipinski definition) is 0. The molecule has 0 aliphatic rings. The molecule has 0 radical (unpaired) electrons. The Morgan fingerprint density at radius 3 is 1.21 bits per heavy atom. The first-order valence-corrected chi connectivity index (χ1v) is 17.4. The lowest BCUT2D eigenvalue weighted by molar-refractivity contribution is 0.669. The summed E-state index contributed by atoms with van der Waals surface area (Å²) in [6, 6.07) is 10.00. The molecule has 0 aromatic heterocycles. The van der Waals surface area contributed by atoms with Crippen molar-refractivity contribution >= 4 is 207 Å². The van der Waals surface area contributed by atoms with E-state index < -0.39 is 12.9 Å². The zero-order valence-electron chi connectivity index (χ0n) is 13.3. The maximum absolute atomic E-state index is 3.92. The molecule has 0 bridgehead atoms. The molecule has 0 heterocycles. The highest BCUT2D eigenvalue weighted by molar-refractivity contribution is 9.34. The second-order valence-electron chi connectivity index (χ2n) is 5.61. The van der Waals surface area contributed by atoms with Crippen LogP contribution in [0.4, 0.5) is 0 Å². The van der Waals surface area contributed by atoms with Crippen LogP contribution < -0.4 is 0 Å². The molecule has 0 saturated carbocycles. The first-order chi connectivity index (χ1) is 13.0. The molecule has 0 spiro atoms. The van der Waals surface area contributed by atoms with Crippen molar-refractivity contribution in [1.29, 1.82) is 0 Å². The SMILES string of the molecule is Brc1c(Br)c(Br)c(C(Br)(Br)C(Br)(Br)C(Br)(Br)C(Br)(Br)c2ccccc2)c(Br)c1Br. The van der Waals surface area contributed by atoms with E-state index in [0.717, 1.165) is 33.5 Å². The fourth-order valence-electron chi connectivity index (χ4n) is 2.26. The highest BCUT2D eigenvalue weighted by Crippen LogP contribution is 2.73. The van der Waals surface area contributed by atoms with Crippen LogP contribution in [0.15, 0.2) is 52.7 Å². The number of hydrogen-bond acceptors (Lipinski definition) is 0. The smallest absolute Gasteiger partial charge is 0.0672 e. The van der Waals surface area contributed by atoms with Crippen molar-refractivity contribution in [1.82, 2.24) is 0 Å². The van der Waals surface area contributed by atoms with Gasteiger partial charge in [-0.15, -0.1) is 0 Å². The predicted octanol–water partition coefficient (Wildman–Crippen LogP) is 13.1. The third-order valence-corrected chi connectivity index (χ3v) is 25.2. The highest BCUT2D eigenvalue weighted by atomic mass is 79.9. The van der Waals surface area contributed by atoms with Gasteiger partial charge in [0.25, 0.3) is 0 Å². The molecule has 2 rings (SSSR count). The van der Waals surface area contributed by atoms with Crippen LogP contribution >= 0.6 is 207 Å². The van der Waals surface area contributed by atoms with E-state index in [2.05, 4.69) is 207 Å². The van der Waals surface area contributed by atoms with E-state index in [-0.39, 0.29) is 0 Å². The molecule has 0 atom stereocenters. The average Bonchev–Trinajstić information content (AvgIpc) is 2.65. The van der Waals surface area contributed by atoms with E-state index in [1.807, 2.05) is 30.3 Å². The van der Waals surface area contributed by atoms with Gasteiger partial charge in [-0.1, -0.05) is 158 Å². The summed E-state index contributed by atoms with van der Waals surface area (Å²) in [5.41, 5.74) is 1.89. The Morgan fingerprint density at radius 2 is 0.793 bits per heavy atom. The van der Waals surface area contributed by atoms with Gasteiger partial charge < -0.3 is 0 Å². The first-order valence-electron chi connectivity index (χ1n) is 7.12. The molecule has 0 amide bonds. The van der Waals surface area contributed by atoms with Crippen LogP contribution in [0.2, 0.25) is 0 Å². The maximum atomic E-state index is 3.92. The van der Waals surface area contributed by atoms with Gasteiger partial charge >= 0.3 is 0 Å². The molecule has 160 valence electrons. The van der Waals surface area contributed by atoms with Crippen LogP contribution in [0.1, 0.15) is 11.1 Å². The highest BCUT2D eigenvalue weighted by Gasteiger charge is 2.66. The Hall–Kier alpha value is 4.68. The second-order valence-corrected chi connectivity index (χ2v) is 23.3. The molecule has 0 fully saturated rings. The molecule has 13 heteroatoms. The second kappa shape index (κ2) is 11.0. The van der Waals surface area contributed by atoms with Crippen molar-refractivity contribution in [2.24, 2.45) is 0 Å². The fraction of sp³-hybridized carbons (Fsp3) is 0.250. The van der Waals surface area contributed by atoms with Gasteiger partial charge in [-0.05, 0) is 85.2 Å². The Kier molecular flexibility index (Phi) is 11.3. The Balaban J connectivity index is 2.75. The van der Waals surface area contributed by atoms with E-state index in [1.54, 1.807) is 0 Å². The molecular weight excluding hydrogens is 1230 g/mol. The summed E-state index contributed by atoms with van der Waals surface area (Å²) in [6.45, 7) is 0. The zero-order valence-corrected chi connectivity index (χ0v) is 33.9. The van der Waals surface area contributed by atoms with Crippen LogP contribution in [0, 0.1) is 0 Å². The Labute approximate surface area is 278 Å². The number of benzene rings is 2. The molecule has 0 N–H and O–H groups in total. The molecule has 0 nitrogen and oxygen atoms in total. The minimum atomic E-state index is -0.874. The topological polar surface area (TPSA) is 0 Å². The predicted molar refractivity (Wildman–Crippen MR) is 172 cm³/mol. The molecule has 2 aromatic rings. The number of alkyl halides is 8. The molecule has 0 aliphatic heterocycles. The van der Waals surface area contributed by atoms with E-state index in [9.17, 15) is 0 Å². The van der Waals surface area contributed by atoms with Gasteiger partial charge in [0.1, 0.15) is 12.9 Å². The van der Waals surface area contributed by atoms with E-state index >= 15 is 0 Å². The van der Waals surface area contributed by atoms with Gasteiger partial charge in [-0.25, -0.2) is 0 Å². The lowest BCUT2D eigenvalue weighted by atomic mass is 10.0. The fourth-order valence-corrected chi connectivity index (χ4v) is 13.6. The largest absolute Gasteiger partial charge is 0.137 e. The monoisotopic (exact) mass is 1220 g/mol. The summed E-state index contributed by atoms with van der Waals surface area (Å²) in [4.78, 5) is 0. The molecular formula is C16H5Br13. The number of rotatable bonds is 5.